The van der Waals surface area contributed by atoms with Gasteiger partial charge in [0.15, 0.2) is 17.2 Å². The molecule has 1 aromatic carbocycles. The van der Waals surface area contributed by atoms with Gasteiger partial charge in [0.1, 0.15) is 0 Å². The first-order chi connectivity index (χ1) is 10.0. The highest BCUT2D eigenvalue weighted by Gasteiger charge is 2.49. The zero-order valence-corrected chi connectivity index (χ0v) is 12.1. The predicted octanol–water partition coefficient (Wildman–Crippen LogP) is 2.72. The van der Waals surface area contributed by atoms with Crippen LogP contribution in [0.5, 0.6) is 0 Å². The molecule has 0 unspecified atom stereocenters. The van der Waals surface area contributed by atoms with Crippen LogP contribution in [0.25, 0.3) is 0 Å². The third kappa shape index (κ3) is 2.89. The maximum absolute atomic E-state index is 13.5. The van der Waals surface area contributed by atoms with Crippen LogP contribution in [0.2, 0.25) is 0 Å². The first kappa shape index (κ1) is 15.4. The van der Waals surface area contributed by atoms with Crippen LogP contribution in [0.15, 0.2) is 23.3 Å². The summed E-state index contributed by atoms with van der Waals surface area (Å²) in [6.45, 7) is 2.05. The molecule has 0 saturated heterocycles. The highest BCUT2D eigenvalue weighted by atomic mass is 19.2. The van der Waals surface area contributed by atoms with Crippen LogP contribution in [-0.2, 0) is 9.53 Å². The van der Waals surface area contributed by atoms with Crippen molar-refractivity contribution >= 4 is 12.2 Å². The molecule has 114 valence electrons. The van der Waals surface area contributed by atoms with E-state index in [9.17, 15) is 13.6 Å². The number of ether oxygens (including phenoxy) is 1. The first-order valence-corrected chi connectivity index (χ1v) is 6.90. The fourth-order valence-corrected chi connectivity index (χ4v) is 2.32. The summed E-state index contributed by atoms with van der Waals surface area (Å²) in [5.41, 5.74) is -0.740. The highest BCUT2D eigenvalue weighted by molar-refractivity contribution is 5.83. The minimum Gasteiger partial charge on any atom is -0.464 e. The second-order valence-corrected chi connectivity index (χ2v) is 5.02. The number of carbonyl (C=O) groups excluding carboxylic acids is 1. The van der Waals surface area contributed by atoms with E-state index in [-0.39, 0.29) is 11.5 Å². The molecule has 6 heteroatoms. The predicted molar refractivity (Wildman–Crippen MR) is 74.9 cm³/mol. The molecule has 0 N–H and O–H groups in total. The first-order valence-electron chi connectivity index (χ1n) is 6.90. The van der Waals surface area contributed by atoms with Crippen LogP contribution in [0, 0.1) is 11.6 Å². The molecule has 0 heterocycles. The third-order valence-electron chi connectivity index (χ3n) is 3.81. The van der Waals surface area contributed by atoms with E-state index in [2.05, 4.69) is 5.10 Å². The van der Waals surface area contributed by atoms with Crippen molar-refractivity contribution in [1.29, 1.82) is 0 Å². The van der Waals surface area contributed by atoms with Crippen LogP contribution in [0.4, 0.5) is 8.78 Å². The van der Waals surface area contributed by atoms with Gasteiger partial charge in [-0.25, -0.2) is 13.6 Å². The Balaban J connectivity index is 2.16. The number of rotatable bonds is 5. The molecule has 0 atom stereocenters. The lowest BCUT2D eigenvalue weighted by Crippen LogP contribution is -2.56. The quantitative estimate of drug-likeness (QED) is 0.476. The van der Waals surface area contributed by atoms with E-state index in [4.69, 9.17) is 4.74 Å². The number of benzene rings is 1. The zero-order chi connectivity index (χ0) is 15.5. The Labute approximate surface area is 122 Å². The number of hydrogen-bond acceptors (Lipinski definition) is 4. The lowest BCUT2D eigenvalue weighted by molar-refractivity contribution is -0.163. The molecular formula is C15H18F2N2O2. The molecule has 4 nitrogen and oxygen atoms in total. The lowest BCUT2D eigenvalue weighted by Gasteiger charge is -2.44. The van der Waals surface area contributed by atoms with Crippen LogP contribution < -0.4 is 0 Å². The van der Waals surface area contributed by atoms with Crippen molar-refractivity contribution < 1.29 is 18.3 Å². The van der Waals surface area contributed by atoms with Gasteiger partial charge >= 0.3 is 5.97 Å². The topological polar surface area (TPSA) is 41.9 Å². The van der Waals surface area contributed by atoms with Crippen LogP contribution in [0.1, 0.15) is 31.7 Å². The summed E-state index contributed by atoms with van der Waals surface area (Å²) in [6.07, 6.45) is 3.42. The summed E-state index contributed by atoms with van der Waals surface area (Å²) in [7, 11) is 1.64. The zero-order valence-electron chi connectivity index (χ0n) is 12.1. The Kier molecular flexibility index (Phi) is 4.55. The molecule has 1 saturated carbocycles. The molecule has 2 rings (SSSR count). The van der Waals surface area contributed by atoms with Gasteiger partial charge in [-0.05, 0) is 32.3 Å². The van der Waals surface area contributed by atoms with Gasteiger partial charge in [-0.2, -0.15) is 5.10 Å². The number of nitrogens with zero attached hydrogens (tertiary/aromatic N) is 2. The van der Waals surface area contributed by atoms with Crippen molar-refractivity contribution in [1.82, 2.24) is 5.01 Å². The Hall–Kier alpha value is -1.98. The van der Waals surface area contributed by atoms with E-state index in [0.717, 1.165) is 12.5 Å². The maximum atomic E-state index is 13.5. The molecule has 0 aliphatic heterocycles. The van der Waals surface area contributed by atoms with Gasteiger partial charge in [-0.3, -0.25) is 5.01 Å². The summed E-state index contributed by atoms with van der Waals surface area (Å²) in [5.74, 6) is -2.20. The van der Waals surface area contributed by atoms with Crippen molar-refractivity contribution in [2.24, 2.45) is 5.10 Å². The summed E-state index contributed by atoms with van der Waals surface area (Å²) in [6, 6.07) is 3.88. The molecule has 0 aromatic heterocycles. The van der Waals surface area contributed by atoms with Gasteiger partial charge in [0, 0.05) is 12.6 Å². The number of carbonyl (C=O) groups is 1. The van der Waals surface area contributed by atoms with E-state index in [0.29, 0.717) is 19.4 Å². The van der Waals surface area contributed by atoms with Gasteiger partial charge in [-0.1, -0.05) is 12.1 Å². The van der Waals surface area contributed by atoms with E-state index < -0.39 is 17.2 Å². The largest absolute Gasteiger partial charge is 0.464 e. The minimum atomic E-state index is -0.951. The summed E-state index contributed by atoms with van der Waals surface area (Å²) in [4.78, 5) is 12.0. The molecule has 1 aliphatic carbocycles. The van der Waals surface area contributed by atoms with Gasteiger partial charge in [0.25, 0.3) is 0 Å². The average Bonchev–Trinajstić information content (AvgIpc) is 2.39. The molecule has 1 aliphatic rings. The average molecular weight is 296 g/mol. The summed E-state index contributed by atoms with van der Waals surface area (Å²) < 4.78 is 31.7. The molecule has 0 amide bonds. The molecule has 1 fully saturated rings. The van der Waals surface area contributed by atoms with Gasteiger partial charge in [-0.15, -0.1) is 0 Å². The summed E-state index contributed by atoms with van der Waals surface area (Å²) in [5, 5.41) is 5.58. The second-order valence-electron chi connectivity index (χ2n) is 5.02. The smallest absolute Gasteiger partial charge is 0.333 e. The Morgan fingerprint density at radius 2 is 2.19 bits per heavy atom. The maximum Gasteiger partial charge on any atom is 0.333 e. The van der Waals surface area contributed by atoms with Crippen molar-refractivity contribution in [3.63, 3.8) is 0 Å². The molecule has 0 spiro atoms. The van der Waals surface area contributed by atoms with E-state index >= 15 is 0 Å². The Morgan fingerprint density at radius 1 is 1.48 bits per heavy atom. The van der Waals surface area contributed by atoms with Gasteiger partial charge < -0.3 is 4.74 Å². The number of likely N-dealkylation sites (N-methyl/N-ethyl adjacent to an activating group) is 1. The highest BCUT2D eigenvalue weighted by Crippen LogP contribution is 2.38. The molecule has 0 bridgehead atoms. The minimum absolute atomic E-state index is 0.0418. The molecule has 21 heavy (non-hydrogen) atoms. The van der Waals surface area contributed by atoms with E-state index in [1.165, 1.54) is 23.4 Å². The number of hydrazone groups is 1. The fourth-order valence-electron chi connectivity index (χ4n) is 2.32. The Morgan fingerprint density at radius 3 is 2.76 bits per heavy atom. The molecule has 1 aromatic rings. The molecule has 0 radical (unpaired) electrons. The number of halogens is 2. The normalized spacial score (nSPS) is 16.6. The standard InChI is InChI=1S/C15H18F2N2O2/c1-3-21-14(20)15(8-5-9-15)19(2)18-10-11-6-4-7-12(16)13(11)17/h4,6-7,10H,3,5,8-9H2,1-2H3. The lowest BCUT2D eigenvalue weighted by atomic mass is 9.76. The van der Waals surface area contributed by atoms with Crippen LogP contribution >= 0.6 is 0 Å². The fraction of sp³-hybridized carbons (Fsp3) is 0.467. The second kappa shape index (κ2) is 6.20. The van der Waals surface area contributed by atoms with Crippen molar-refractivity contribution in [3.8, 4) is 0 Å². The van der Waals surface area contributed by atoms with Crippen molar-refractivity contribution in [3.05, 3.63) is 35.4 Å². The van der Waals surface area contributed by atoms with E-state index in [1.807, 2.05) is 0 Å². The third-order valence-corrected chi connectivity index (χ3v) is 3.81. The SMILES string of the molecule is CCOC(=O)C1(N(C)N=Cc2cccc(F)c2F)CCC1. The van der Waals surface area contributed by atoms with Crippen LogP contribution in [0.3, 0.4) is 0 Å². The molecular weight excluding hydrogens is 278 g/mol. The Bertz CT molecular complexity index is 557. The monoisotopic (exact) mass is 296 g/mol. The van der Waals surface area contributed by atoms with Crippen molar-refractivity contribution in [2.75, 3.05) is 13.7 Å². The summed E-state index contributed by atoms with van der Waals surface area (Å²) >= 11 is 0. The van der Waals surface area contributed by atoms with Crippen molar-refractivity contribution in [2.45, 2.75) is 31.7 Å². The van der Waals surface area contributed by atoms with Gasteiger partial charge in [0.05, 0.1) is 12.8 Å². The van der Waals surface area contributed by atoms with E-state index in [1.54, 1.807) is 14.0 Å². The number of esters is 1. The number of hydrogen-bond donors (Lipinski definition) is 0. The van der Waals surface area contributed by atoms with Gasteiger partial charge in [0.2, 0.25) is 0 Å². The van der Waals surface area contributed by atoms with Crippen LogP contribution in [-0.4, -0.2) is 36.4 Å².